The van der Waals surface area contributed by atoms with Crippen molar-refractivity contribution in [1.29, 1.82) is 0 Å². The molecule has 1 amide bonds. The first kappa shape index (κ1) is 23.3. The van der Waals surface area contributed by atoms with Crippen molar-refractivity contribution < 1.29 is 26.4 Å². The predicted octanol–water partition coefficient (Wildman–Crippen LogP) is 3.98. The van der Waals surface area contributed by atoms with Crippen LogP contribution in [0.5, 0.6) is 0 Å². The fraction of sp³-hybridized carbons (Fsp3) is 0.130. The molecule has 3 aromatic carbocycles. The molecule has 0 unspecified atom stereocenters. The number of aryl methyl sites for hydroxylation is 2. The Balaban J connectivity index is 1.94. The van der Waals surface area contributed by atoms with E-state index in [1.807, 2.05) is 0 Å². The molecule has 0 saturated carbocycles. The number of nitrogens with zero attached hydrogens (tertiary/aromatic N) is 2. The van der Waals surface area contributed by atoms with Gasteiger partial charge in [-0.15, -0.1) is 0 Å². The number of carbonyl (C=O) groups is 1. The molecule has 1 heterocycles. The predicted molar refractivity (Wildman–Crippen MR) is 119 cm³/mol. The maximum absolute atomic E-state index is 13.4. The van der Waals surface area contributed by atoms with Crippen LogP contribution in [0.25, 0.3) is 11.0 Å². The molecule has 176 valence electrons. The summed E-state index contributed by atoms with van der Waals surface area (Å²) in [6.07, 6.45) is -4.79. The third-order valence-corrected chi connectivity index (χ3v) is 7.25. The zero-order chi connectivity index (χ0) is 24.8. The summed E-state index contributed by atoms with van der Waals surface area (Å²) >= 11 is 0. The first-order valence-electron chi connectivity index (χ1n) is 9.90. The summed E-state index contributed by atoms with van der Waals surface area (Å²) in [6.45, 7) is 0. The number of amides is 1. The minimum atomic E-state index is -4.79. The van der Waals surface area contributed by atoms with Crippen molar-refractivity contribution in [1.82, 2.24) is 9.13 Å². The third-order valence-electron chi connectivity index (χ3n) is 5.44. The fourth-order valence-electron chi connectivity index (χ4n) is 3.69. The molecule has 4 rings (SSSR count). The lowest BCUT2D eigenvalue weighted by atomic mass is 10.1. The number of alkyl halides is 3. The van der Waals surface area contributed by atoms with Gasteiger partial charge in [0.2, 0.25) is 9.84 Å². The maximum atomic E-state index is 13.4. The van der Waals surface area contributed by atoms with Gasteiger partial charge in [-0.2, -0.15) is 13.2 Å². The molecule has 0 fully saturated rings. The van der Waals surface area contributed by atoms with Crippen LogP contribution in [0.15, 0.2) is 81.3 Å². The van der Waals surface area contributed by atoms with Crippen LogP contribution in [-0.2, 0) is 30.1 Å². The Hall–Kier alpha value is -3.86. The van der Waals surface area contributed by atoms with E-state index in [4.69, 9.17) is 0 Å². The number of fused-ring (bicyclic) bond motifs is 1. The second-order valence-electron chi connectivity index (χ2n) is 7.55. The lowest BCUT2D eigenvalue weighted by molar-refractivity contribution is -0.137. The normalized spacial score (nSPS) is 12.1. The van der Waals surface area contributed by atoms with Crippen LogP contribution in [0.3, 0.4) is 0 Å². The van der Waals surface area contributed by atoms with Crippen LogP contribution in [0.1, 0.15) is 15.9 Å². The van der Waals surface area contributed by atoms with Gasteiger partial charge in [0.15, 0.2) is 0 Å². The first-order valence-corrected chi connectivity index (χ1v) is 11.4. The highest BCUT2D eigenvalue weighted by molar-refractivity contribution is 7.91. The van der Waals surface area contributed by atoms with Crippen molar-refractivity contribution in [2.24, 2.45) is 14.1 Å². The van der Waals surface area contributed by atoms with E-state index >= 15 is 0 Å². The summed E-state index contributed by atoms with van der Waals surface area (Å²) in [4.78, 5) is 24.9. The molecule has 11 heteroatoms. The molecule has 0 bridgehead atoms. The Morgan fingerprint density at radius 3 is 2.06 bits per heavy atom. The van der Waals surface area contributed by atoms with Crippen LogP contribution < -0.4 is 11.0 Å². The van der Waals surface area contributed by atoms with E-state index in [1.54, 1.807) is 6.07 Å². The Labute approximate surface area is 192 Å². The van der Waals surface area contributed by atoms with Crippen molar-refractivity contribution in [3.63, 3.8) is 0 Å². The molecule has 0 spiro atoms. The minimum Gasteiger partial charge on any atom is -0.321 e. The standard InChI is InChI=1S/C23H18F3N3O4S/c1-28-18-12-17(27-21(30)15-10-6-7-11-16(15)23(24,25)26)20(13-19(18)29(2)22(28)31)34(32,33)14-8-4-3-5-9-14/h3-13H,1-2H3,(H,27,30). The van der Waals surface area contributed by atoms with Crippen LogP contribution >= 0.6 is 0 Å². The summed E-state index contributed by atoms with van der Waals surface area (Å²) < 4.78 is 69.6. The van der Waals surface area contributed by atoms with Gasteiger partial charge in [0, 0.05) is 14.1 Å². The molecule has 0 atom stereocenters. The van der Waals surface area contributed by atoms with E-state index in [9.17, 15) is 31.2 Å². The van der Waals surface area contributed by atoms with Crippen LogP contribution in [0.2, 0.25) is 0 Å². The van der Waals surface area contributed by atoms with Gasteiger partial charge < -0.3 is 5.32 Å². The Kier molecular flexibility index (Phi) is 5.60. The average Bonchev–Trinajstić information content (AvgIpc) is 3.02. The van der Waals surface area contributed by atoms with E-state index in [1.165, 1.54) is 65.7 Å². The van der Waals surface area contributed by atoms with E-state index in [0.29, 0.717) is 5.52 Å². The summed E-state index contributed by atoms with van der Waals surface area (Å²) in [5.41, 5.74) is -1.95. The van der Waals surface area contributed by atoms with Crippen LogP contribution in [0, 0.1) is 0 Å². The quantitative estimate of drug-likeness (QED) is 0.470. The number of carbonyl (C=O) groups excluding carboxylic acids is 1. The van der Waals surface area contributed by atoms with E-state index in [2.05, 4.69) is 5.32 Å². The Bertz CT molecular complexity index is 1590. The fourth-order valence-corrected chi connectivity index (χ4v) is 5.13. The summed E-state index contributed by atoms with van der Waals surface area (Å²) in [6, 6.07) is 14.0. The second-order valence-corrected chi connectivity index (χ2v) is 9.47. The molecule has 0 aliphatic rings. The van der Waals surface area contributed by atoms with E-state index in [-0.39, 0.29) is 21.0 Å². The smallest absolute Gasteiger partial charge is 0.321 e. The topological polar surface area (TPSA) is 90.2 Å². The van der Waals surface area contributed by atoms with Gasteiger partial charge in [0.05, 0.1) is 37.6 Å². The number of benzene rings is 3. The SMILES string of the molecule is Cn1c(=O)n(C)c2cc(S(=O)(=O)c3ccccc3)c(NC(=O)c3ccccc3C(F)(F)F)cc21. The number of sulfone groups is 1. The second kappa shape index (κ2) is 8.17. The molecule has 7 nitrogen and oxygen atoms in total. The van der Waals surface area contributed by atoms with Gasteiger partial charge in [-0.05, 0) is 36.4 Å². The molecule has 1 aromatic heterocycles. The number of nitrogens with one attached hydrogen (secondary N) is 1. The van der Waals surface area contributed by atoms with Crippen molar-refractivity contribution >= 4 is 32.5 Å². The van der Waals surface area contributed by atoms with Crippen molar-refractivity contribution in [2.45, 2.75) is 16.0 Å². The molecule has 0 aliphatic heterocycles. The highest BCUT2D eigenvalue weighted by Gasteiger charge is 2.35. The van der Waals surface area contributed by atoms with E-state index < -0.39 is 38.7 Å². The monoisotopic (exact) mass is 489 g/mol. The molecular formula is C23H18F3N3O4S. The van der Waals surface area contributed by atoms with E-state index in [0.717, 1.165) is 18.2 Å². The van der Waals surface area contributed by atoms with Crippen LogP contribution in [0.4, 0.5) is 18.9 Å². The van der Waals surface area contributed by atoms with Crippen molar-refractivity contribution in [3.8, 4) is 0 Å². The lowest BCUT2D eigenvalue weighted by Crippen LogP contribution is -2.20. The van der Waals surface area contributed by atoms with Gasteiger partial charge in [-0.3, -0.25) is 13.9 Å². The summed E-state index contributed by atoms with van der Waals surface area (Å²) in [5.74, 6) is -1.14. The first-order chi connectivity index (χ1) is 15.9. The maximum Gasteiger partial charge on any atom is 0.417 e. The van der Waals surface area contributed by atoms with Crippen molar-refractivity contribution in [2.75, 3.05) is 5.32 Å². The summed E-state index contributed by atoms with van der Waals surface area (Å²) in [5, 5.41) is 2.32. The highest BCUT2D eigenvalue weighted by Crippen LogP contribution is 2.34. The molecule has 34 heavy (non-hydrogen) atoms. The zero-order valence-electron chi connectivity index (χ0n) is 17.9. The largest absolute Gasteiger partial charge is 0.417 e. The highest BCUT2D eigenvalue weighted by atomic mass is 32.2. The average molecular weight is 489 g/mol. The third kappa shape index (κ3) is 3.87. The lowest BCUT2D eigenvalue weighted by Gasteiger charge is -2.15. The number of halogens is 3. The minimum absolute atomic E-state index is 0.0820. The molecule has 4 aromatic rings. The summed E-state index contributed by atoms with van der Waals surface area (Å²) in [7, 11) is -1.29. The molecule has 1 N–H and O–H groups in total. The molecule has 0 saturated heterocycles. The van der Waals surface area contributed by atoms with Gasteiger partial charge in [-0.25, -0.2) is 13.2 Å². The number of rotatable bonds is 4. The molecular weight excluding hydrogens is 471 g/mol. The number of hydrogen-bond acceptors (Lipinski definition) is 4. The number of anilines is 1. The van der Waals surface area contributed by atoms with Crippen LogP contribution in [-0.4, -0.2) is 23.5 Å². The number of aromatic nitrogens is 2. The Morgan fingerprint density at radius 2 is 1.44 bits per heavy atom. The Morgan fingerprint density at radius 1 is 0.882 bits per heavy atom. The van der Waals surface area contributed by atoms with Gasteiger partial charge in [0.1, 0.15) is 0 Å². The van der Waals surface area contributed by atoms with Gasteiger partial charge in [-0.1, -0.05) is 30.3 Å². The number of hydrogen-bond donors (Lipinski definition) is 1. The molecule has 0 aliphatic carbocycles. The zero-order valence-corrected chi connectivity index (χ0v) is 18.7. The molecule has 0 radical (unpaired) electrons. The van der Waals surface area contributed by atoms with Gasteiger partial charge in [0.25, 0.3) is 5.91 Å². The number of imidazole rings is 1. The van der Waals surface area contributed by atoms with Gasteiger partial charge >= 0.3 is 11.9 Å². The van der Waals surface area contributed by atoms with Crippen molar-refractivity contribution in [3.05, 3.63) is 88.3 Å².